The lowest BCUT2D eigenvalue weighted by Crippen LogP contribution is -2.17. The van der Waals surface area contributed by atoms with Crippen molar-refractivity contribution < 1.29 is 22.7 Å². The van der Waals surface area contributed by atoms with E-state index in [1.807, 2.05) is 12.1 Å². The fourth-order valence-corrected chi connectivity index (χ4v) is 2.50. The first-order valence-corrected chi connectivity index (χ1v) is 7.53. The lowest BCUT2D eigenvalue weighted by atomic mass is 10.1. The molecule has 0 spiro atoms. The number of halogens is 3. The molecular weight excluding hydrogens is 347 g/mol. The molecule has 3 aromatic rings. The molecule has 2 aromatic carbocycles. The average molecular weight is 361 g/mol. The maximum atomic E-state index is 12.5. The van der Waals surface area contributed by atoms with Gasteiger partial charge in [0.05, 0.1) is 5.52 Å². The van der Waals surface area contributed by atoms with Gasteiger partial charge in [0.2, 0.25) is 0 Å². The van der Waals surface area contributed by atoms with Crippen LogP contribution in [0.3, 0.4) is 0 Å². The molecule has 0 radical (unpaired) electrons. The van der Waals surface area contributed by atoms with Crippen molar-refractivity contribution in [3.8, 4) is 5.75 Å². The number of ether oxygens (including phenoxy) is 1. The number of fused-ring (bicyclic) bond motifs is 1. The van der Waals surface area contributed by atoms with Crippen molar-refractivity contribution >= 4 is 28.6 Å². The van der Waals surface area contributed by atoms with Crippen molar-refractivity contribution in [1.82, 2.24) is 9.78 Å². The third-order valence-electron chi connectivity index (χ3n) is 3.67. The zero-order valence-electron chi connectivity index (χ0n) is 13.7. The van der Waals surface area contributed by atoms with Crippen LogP contribution in [0.25, 0.3) is 17.0 Å². The third-order valence-corrected chi connectivity index (χ3v) is 3.67. The number of carbonyl (C=O) groups excluding carboxylic acids is 1. The standard InChI is InChI=1S/C18H14F3N3O2/c1-3-11-4-9-14-15(10-11)24(2)23-16(14)17(25)22-12-5-7-13(8-6-12)26-18(19,20)21/h3-10H,1H2,2H3,(H,22,25). The van der Waals surface area contributed by atoms with Crippen LogP contribution in [-0.2, 0) is 7.05 Å². The second-order valence-corrected chi connectivity index (χ2v) is 5.48. The van der Waals surface area contributed by atoms with Gasteiger partial charge in [-0.25, -0.2) is 0 Å². The van der Waals surface area contributed by atoms with Crippen molar-refractivity contribution in [2.24, 2.45) is 7.05 Å². The predicted molar refractivity (Wildman–Crippen MR) is 91.9 cm³/mol. The SMILES string of the molecule is C=Cc1ccc2c(C(=O)Nc3ccc(OC(F)(F)F)cc3)nn(C)c2c1. The fourth-order valence-electron chi connectivity index (χ4n) is 2.50. The molecule has 26 heavy (non-hydrogen) atoms. The fraction of sp³-hybridized carbons (Fsp3) is 0.111. The smallest absolute Gasteiger partial charge is 0.406 e. The van der Waals surface area contributed by atoms with Gasteiger partial charge in [0.15, 0.2) is 5.69 Å². The molecule has 0 aliphatic carbocycles. The Morgan fingerprint density at radius 1 is 1.23 bits per heavy atom. The van der Waals surface area contributed by atoms with E-state index in [1.165, 1.54) is 12.1 Å². The number of hydrogen-bond donors (Lipinski definition) is 1. The monoisotopic (exact) mass is 361 g/mol. The maximum absolute atomic E-state index is 12.5. The van der Waals surface area contributed by atoms with E-state index in [9.17, 15) is 18.0 Å². The maximum Gasteiger partial charge on any atom is 0.573 e. The van der Waals surface area contributed by atoms with E-state index < -0.39 is 12.3 Å². The molecule has 134 valence electrons. The van der Waals surface area contributed by atoms with Crippen LogP contribution < -0.4 is 10.1 Å². The Labute approximate surface area is 146 Å². The first-order valence-electron chi connectivity index (χ1n) is 7.53. The first-order chi connectivity index (χ1) is 12.3. The van der Waals surface area contributed by atoms with Gasteiger partial charge in [-0.15, -0.1) is 13.2 Å². The van der Waals surface area contributed by atoms with Crippen LogP contribution in [0.5, 0.6) is 5.75 Å². The van der Waals surface area contributed by atoms with Crippen LogP contribution in [0, 0.1) is 0 Å². The van der Waals surface area contributed by atoms with Gasteiger partial charge in [-0.3, -0.25) is 9.48 Å². The van der Waals surface area contributed by atoms with E-state index in [0.717, 1.165) is 23.2 Å². The normalized spacial score (nSPS) is 11.4. The van der Waals surface area contributed by atoms with Gasteiger partial charge < -0.3 is 10.1 Å². The molecule has 8 heteroatoms. The largest absolute Gasteiger partial charge is 0.573 e. The van der Waals surface area contributed by atoms with Crippen LogP contribution in [0.1, 0.15) is 16.1 Å². The van der Waals surface area contributed by atoms with Gasteiger partial charge >= 0.3 is 6.36 Å². The summed E-state index contributed by atoms with van der Waals surface area (Å²) >= 11 is 0. The van der Waals surface area contributed by atoms with Gasteiger partial charge in [0.25, 0.3) is 5.91 Å². The van der Waals surface area contributed by atoms with E-state index in [2.05, 4.69) is 21.7 Å². The number of rotatable bonds is 4. The molecule has 0 atom stereocenters. The van der Waals surface area contributed by atoms with Crippen LogP contribution in [0.2, 0.25) is 0 Å². The minimum Gasteiger partial charge on any atom is -0.406 e. The molecule has 3 rings (SSSR count). The number of anilines is 1. The number of nitrogens with one attached hydrogen (secondary N) is 1. The molecular formula is C18H14F3N3O2. The Hall–Kier alpha value is -3.29. The molecule has 5 nitrogen and oxygen atoms in total. The highest BCUT2D eigenvalue weighted by molar-refractivity contribution is 6.11. The third kappa shape index (κ3) is 3.69. The van der Waals surface area contributed by atoms with Gasteiger partial charge in [0, 0.05) is 18.1 Å². The van der Waals surface area contributed by atoms with Crippen molar-refractivity contribution in [3.63, 3.8) is 0 Å². The van der Waals surface area contributed by atoms with Crippen LogP contribution in [-0.4, -0.2) is 22.1 Å². The molecule has 0 unspecified atom stereocenters. The van der Waals surface area contributed by atoms with Gasteiger partial charge in [-0.05, 0) is 42.0 Å². The molecule has 0 saturated carbocycles. The lowest BCUT2D eigenvalue weighted by molar-refractivity contribution is -0.274. The van der Waals surface area contributed by atoms with Crippen molar-refractivity contribution in [2.75, 3.05) is 5.32 Å². The molecule has 0 aliphatic heterocycles. The summed E-state index contributed by atoms with van der Waals surface area (Å²) in [4.78, 5) is 12.5. The number of hydrogen-bond acceptors (Lipinski definition) is 3. The molecule has 1 aromatic heterocycles. The zero-order chi connectivity index (χ0) is 18.9. The molecule has 0 aliphatic rings. The highest BCUT2D eigenvalue weighted by atomic mass is 19.4. The minimum absolute atomic E-state index is 0.216. The first kappa shape index (κ1) is 17.5. The van der Waals surface area contributed by atoms with E-state index in [1.54, 1.807) is 23.9 Å². The molecule has 1 N–H and O–H groups in total. The zero-order valence-corrected chi connectivity index (χ0v) is 13.7. The van der Waals surface area contributed by atoms with E-state index >= 15 is 0 Å². The number of alkyl halides is 3. The average Bonchev–Trinajstić information content (AvgIpc) is 2.92. The molecule has 1 heterocycles. The van der Waals surface area contributed by atoms with E-state index in [4.69, 9.17) is 0 Å². The Bertz CT molecular complexity index is 976. The summed E-state index contributed by atoms with van der Waals surface area (Å²) in [5.41, 5.74) is 2.20. The number of amides is 1. The second-order valence-electron chi connectivity index (χ2n) is 5.48. The molecule has 0 saturated heterocycles. The van der Waals surface area contributed by atoms with Crippen molar-refractivity contribution in [1.29, 1.82) is 0 Å². The Morgan fingerprint density at radius 2 is 1.92 bits per heavy atom. The number of aromatic nitrogens is 2. The summed E-state index contributed by atoms with van der Waals surface area (Å²) in [5, 5.41) is 7.49. The molecule has 0 bridgehead atoms. The Morgan fingerprint density at radius 3 is 2.54 bits per heavy atom. The number of nitrogens with zero attached hydrogens (tertiary/aromatic N) is 2. The summed E-state index contributed by atoms with van der Waals surface area (Å²) in [7, 11) is 1.72. The quantitative estimate of drug-likeness (QED) is 0.751. The summed E-state index contributed by atoms with van der Waals surface area (Å²) in [6, 6.07) is 10.3. The van der Waals surface area contributed by atoms with E-state index in [0.29, 0.717) is 11.1 Å². The Kier molecular flexibility index (Phi) is 4.41. The summed E-state index contributed by atoms with van der Waals surface area (Å²) < 4.78 is 41.9. The highest BCUT2D eigenvalue weighted by Crippen LogP contribution is 2.25. The molecule has 0 fully saturated rings. The van der Waals surface area contributed by atoms with Gasteiger partial charge in [-0.1, -0.05) is 18.7 Å². The summed E-state index contributed by atoms with van der Waals surface area (Å²) in [6.45, 7) is 3.70. The van der Waals surface area contributed by atoms with E-state index in [-0.39, 0.29) is 11.4 Å². The van der Waals surface area contributed by atoms with Crippen molar-refractivity contribution in [3.05, 3.63) is 60.3 Å². The predicted octanol–water partition coefficient (Wildman–Crippen LogP) is 4.37. The van der Waals surface area contributed by atoms with Crippen molar-refractivity contribution in [2.45, 2.75) is 6.36 Å². The minimum atomic E-state index is -4.76. The van der Waals surface area contributed by atoms with Gasteiger partial charge in [0.1, 0.15) is 5.75 Å². The second kappa shape index (κ2) is 6.55. The number of benzene rings is 2. The van der Waals surface area contributed by atoms with Gasteiger partial charge in [-0.2, -0.15) is 5.10 Å². The molecule has 1 amide bonds. The summed E-state index contributed by atoms with van der Waals surface area (Å²) in [5.74, 6) is -0.831. The topological polar surface area (TPSA) is 56.1 Å². The van der Waals surface area contributed by atoms with Crippen LogP contribution in [0.4, 0.5) is 18.9 Å². The number of carbonyl (C=O) groups is 1. The lowest BCUT2D eigenvalue weighted by Gasteiger charge is -2.09. The highest BCUT2D eigenvalue weighted by Gasteiger charge is 2.31. The van der Waals surface area contributed by atoms with Crippen LogP contribution >= 0.6 is 0 Å². The van der Waals surface area contributed by atoms with Crippen LogP contribution in [0.15, 0.2) is 49.0 Å². The Balaban J connectivity index is 1.82. The summed E-state index contributed by atoms with van der Waals surface area (Å²) in [6.07, 6.45) is -3.07. The number of aryl methyl sites for hydroxylation is 1.